The molecule has 2 amide bonds. The van der Waals surface area contributed by atoms with Crippen molar-refractivity contribution in [3.63, 3.8) is 0 Å². The number of ether oxygens (including phenoxy) is 3. The maximum atomic E-state index is 15.3. The van der Waals surface area contributed by atoms with Crippen LogP contribution in [0, 0.1) is 5.82 Å². The lowest BCUT2D eigenvalue weighted by Crippen LogP contribution is -2.38. The van der Waals surface area contributed by atoms with E-state index < -0.39 is 35.8 Å². The summed E-state index contributed by atoms with van der Waals surface area (Å²) in [5.74, 6) is -0.777. The summed E-state index contributed by atoms with van der Waals surface area (Å²) in [5, 5.41) is 4.97. The van der Waals surface area contributed by atoms with Crippen molar-refractivity contribution in [2.24, 2.45) is 0 Å². The molecule has 1 heterocycles. The summed E-state index contributed by atoms with van der Waals surface area (Å²) in [6, 6.07) is 15.7. The molecule has 0 aliphatic heterocycles. The number of aromatic nitrogens is 1. The normalized spacial score (nSPS) is 12.0. The summed E-state index contributed by atoms with van der Waals surface area (Å²) >= 11 is 0. The molecule has 0 saturated carbocycles. The maximum absolute atomic E-state index is 15.3. The van der Waals surface area contributed by atoms with Gasteiger partial charge in [-0.25, -0.2) is 9.37 Å². The molecule has 0 fully saturated rings. The summed E-state index contributed by atoms with van der Waals surface area (Å²) in [7, 11) is 5.19. The van der Waals surface area contributed by atoms with Crippen molar-refractivity contribution in [1.29, 1.82) is 0 Å². The molecule has 0 spiro atoms. The van der Waals surface area contributed by atoms with Gasteiger partial charge in [-0.1, -0.05) is 24.3 Å². The van der Waals surface area contributed by atoms with E-state index in [1.807, 2.05) is 36.1 Å². The average molecular weight is 683 g/mol. The molecule has 0 bridgehead atoms. The van der Waals surface area contributed by atoms with Gasteiger partial charge in [0.2, 0.25) is 11.8 Å². The Kier molecular flexibility index (Phi) is 12.2. The number of benzene rings is 3. The quantitative estimate of drug-likeness (QED) is 0.142. The third-order valence-electron chi connectivity index (χ3n) is 7.65. The molecule has 4 rings (SSSR count). The van der Waals surface area contributed by atoms with Crippen LogP contribution in [-0.2, 0) is 24.0 Å². The molecule has 0 aliphatic carbocycles. The standard InChI is InChI=1S/C36H38F4N4O5/c1-6-48-32-18-34(49-21-23-7-11-29(47-5)12-8-23)41-20-30(32)24-9-10-25(31(37)15-24)16-33(45)43-28-14-26(13-27(17-28)36(38,39)40)35(46)42-19-22(2)44(3)4/h7-15,17-18,20,22H,6,16,19,21H2,1-5H3,(H,42,46)(H,43,45)/t22-/m0/s1. The van der Waals surface area contributed by atoms with Gasteiger partial charge in [0, 0.05) is 41.7 Å². The highest BCUT2D eigenvalue weighted by Crippen LogP contribution is 2.34. The number of pyridine rings is 1. The van der Waals surface area contributed by atoms with E-state index in [1.165, 1.54) is 18.3 Å². The molecule has 0 unspecified atom stereocenters. The van der Waals surface area contributed by atoms with Gasteiger partial charge >= 0.3 is 6.18 Å². The predicted octanol–water partition coefficient (Wildman–Crippen LogP) is 6.75. The van der Waals surface area contributed by atoms with E-state index in [0.29, 0.717) is 35.4 Å². The van der Waals surface area contributed by atoms with Crippen LogP contribution in [-0.4, -0.2) is 62.1 Å². The van der Waals surface area contributed by atoms with Crippen molar-refractivity contribution in [3.05, 3.63) is 101 Å². The highest BCUT2D eigenvalue weighted by atomic mass is 19.4. The topological polar surface area (TPSA) is 102 Å². The summed E-state index contributed by atoms with van der Waals surface area (Å²) in [6.07, 6.45) is -3.75. The molecular weight excluding hydrogens is 644 g/mol. The number of nitrogens with one attached hydrogen (secondary N) is 2. The third kappa shape index (κ3) is 10.2. The zero-order valence-electron chi connectivity index (χ0n) is 27.8. The molecule has 9 nitrogen and oxygen atoms in total. The monoisotopic (exact) mass is 682 g/mol. The van der Waals surface area contributed by atoms with Crippen LogP contribution >= 0.6 is 0 Å². The lowest BCUT2D eigenvalue weighted by atomic mass is 10.0. The van der Waals surface area contributed by atoms with Crippen LogP contribution in [0.3, 0.4) is 0 Å². The minimum atomic E-state index is -4.77. The highest BCUT2D eigenvalue weighted by Gasteiger charge is 2.32. The van der Waals surface area contributed by atoms with Gasteiger partial charge in [-0.2, -0.15) is 13.2 Å². The number of alkyl halides is 3. The smallest absolute Gasteiger partial charge is 0.416 e. The number of methoxy groups -OCH3 is 1. The summed E-state index contributed by atoms with van der Waals surface area (Å²) in [5.41, 5.74) is 0.193. The average Bonchev–Trinajstić information content (AvgIpc) is 3.06. The third-order valence-corrected chi connectivity index (χ3v) is 7.65. The van der Waals surface area contributed by atoms with E-state index in [2.05, 4.69) is 15.6 Å². The number of carbonyl (C=O) groups excluding carboxylic acids is 2. The number of anilines is 1. The van der Waals surface area contributed by atoms with E-state index in [9.17, 15) is 22.8 Å². The van der Waals surface area contributed by atoms with Crippen LogP contribution < -0.4 is 24.8 Å². The Morgan fingerprint density at radius 2 is 1.71 bits per heavy atom. The van der Waals surface area contributed by atoms with E-state index in [-0.39, 0.29) is 36.0 Å². The number of hydrogen-bond donors (Lipinski definition) is 2. The number of likely N-dealkylation sites (N-methyl/N-ethyl adjacent to an activating group) is 1. The van der Waals surface area contributed by atoms with Gasteiger partial charge in [-0.3, -0.25) is 9.59 Å². The van der Waals surface area contributed by atoms with Crippen LogP contribution in [0.15, 0.2) is 72.9 Å². The zero-order valence-corrected chi connectivity index (χ0v) is 27.8. The van der Waals surface area contributed by atoms with Gasteiger partial charge in [-0.15, -0.1) is 0 Å². The number of halogens is 4. The van der Waals surface area contributed by atoms with E-state index in [0.717, 1.165) is 23.4 Å². The molecule has 0 aliphatic rings. The minimum Gasteiger partial charge on any atom is -0.497 e. The number of carbonyl (C=O) groups is 2. The first-order valence-corrected chi connectivity index (χ1v) is 15.4. The summed E-state index contributed by atoms with van der Waals surface area (Å²) in [6.45, 7) is 4.41. The largest absolute Gasteiger partial charge is 0.497 e. The zero-order chi connectivity index (χ0) is 35.7. The van der Waals surface area contributed by atoms with Crippen LogP contribution in [0.25, 0.3) is 11.1 Å². The Hall–Kier alpha value is -5.17. The molecular formula is C36H38F4N4O5. The molecule has 3 aromatic carbocycles. The van der Waals surface area contributed by atoms with Crippen molar-refractivity contribution in [2.45, 2.75) is 39.1 Å². The van der Waals surface area contributed by atoms with Crippen LogP contribution in [0.1, 0.15) is 40.9 Å². The van der Waals surface area contributed by atoms with Crippen molar-refractivity contribution in [1.82, 2.24) is 15.2 Å². The first-order chi connectivity index (χ1) is 23.3. The SMILES string of the molecule is CCOc1cc(OCc2ccc(OC)cc2)ncc1-c1ccc(CC(=O)Nc2cc(C(=O)NC[C@H](C)N(C)C)cc(C(F)(F)F)c2)c(F)c1. The van der Waals surface area contributed by atoms with Crippen molar-refractivity contribution < 1.29 is 41.4 Å². The summed E-state index contributed by atoms with van der Waals surface area (Å²) < 4.78 is 73.0. The molecule has 13 heteroatoms. The van der Waals surface area contributed by atoms with Gasteiger partial charge in [0.1, 0.15) is 23.9 Å². The van der Waals surface area contributed by atoms with E-state index >= 15 is 4.39 Å². The molecule has 4 aromatic rings. The van der Waals surface area contributed by atoms with Gasteiger partial charge in [0.05, 0.1) is 25.7 Å². The van der Waals surface area contributed by atoms with E-state index in [1.54, 1.807) is 40.3 Å². The Bertz CT molecular complexity index is 1760. The van der Waals surface area contributed by atoms with Gasteiger partial charge in [0.15, 0.2) is 0 Å². The van der Waals surface area contributed by atoms with Crippen LogP contribution in [0.2, 0.25) is 0 Å². The van der Waals surface area contributed by atoms with Gasteiger partial charge in [-0.05, 0) is 81.0 Å². The first kappa shape index (κ1) is 36.7. The number of amides is 2. The molecule has 0 radical (unpaired) electrons. The first-order valence-electron chi connectivity index (χ1n) is 15.4. The lowest BCUT2D eigenvalue weighted by molar-refractivity contribution is -0.137. The maximum Gasteiger partial charge on any atom is 0.416 e. The molecule has 260 valence electrons. The van der Waals surface area contributed by atoms with Gasteiger partial charge in [0.25, 0.3) is 5.91 Å². The van der Waals surface area contributed by atoms with Gasteiger partial charge < -0.3 is 29.7 Å². The lowest BCUT2D eigenvalue weighted by Gasteiger charge is -2.20. The molecule has 1 aromatic heterocycles. The van der Waals surface area contributed by atoms with Crippen molar-refractivity contribution in [2.75, 3.05) is 39.7 Å². The second kappa shape index (κ2) is 16.3. The fraction of sp³-hybridized carbons (Fsp3) is 0.306. The van der Waals surface area contributed by atoms with Crippen LogP contribution in [0.4, 0.5) is 23.2 Å². The molecule has 1 atom stereocenters. The number of hydrogen-bond acceptors (Lipinski definition) is 7. The molecule has 49 heavy (non-hydrogen) atoms. The van der Waals surface area contributed by atoms with Crippen molar-refractivity contribution >= 4 is 17.5 Å². The summed E-state index contributed by atoms with van der Waals surface area (Å²) in [4.78, 5) is 31.7. The second-order valence-electron chi connectivity index (χ2n) is 11.4. The second-order valence-corrected chi connectivity index (χ2v) is 11.4. The van der Waals surface area contributed by atoms with Crippen molar-refractivity contribution in [3.8, 4) is 28.5 Å². The highest BCUT2D eigenvalue weighted by molar-refractivity contribution is 5.98. The Morgan fingerprint density at radius 3 is 2.35 bits per heavy atom. The molecule has 0 saturated heterocycles. The fourth-order valence-electron chi connectivity index (χ4n) is 4.62. The Labute approximate surface area is 282 Å². The Morgan fingerprint density at radius 1 is 0.980 bits per heavy atom. The predicted molar refractivity (Wildman–Crippen MR) is 177 cm³/mol. The number of rotatable bonds is 14. The Balaban J connectivity index is 1.47. The molecule has 2 N–H and O–H groups in total. The minimum absolute atomic E-state index is 0.00855. The fourth-order valence-corrected chi connectivity index (χ4v) is 4.62. The number of nitrogens with zero attached hydrogens (tertiary/aromatic N) is 2. The van der Waals surface area contributed by atoms with Crippen LogP contribution in [0.5, 0.6) is 17.4 Å². The van der Waals surface area contributed by atoms with E-state index in [4.69, 9.17) is 14.2 Å².